The molecule has 0 amide bonds. The van der Waals surface area contributed by atoms with Gasteiger partial charge in [0.05, 0.1) is 0 Å². The van der Waals surface area contributed by atoms with E-state index in [4.69, 9.17) is 17.0 Å². The van der Waals surface area contributed by atoms with Crippen molar-refractivity contribution in [3.05, 3.63) is 51.8 Å². The summed E-state index contributed by atoms with van der Waals surface area (Å²) in [6, 6.07) is 0. The van der Waals surface area contributed by atoms with Crippen molar-refractivity contribution >= 4 is 17.0 Å². The van der Waals surface area contributed by atoms with E-state index in [1.54, 1.807) is 0 Å². The Labute approximate surface area is 196 Å². The van der Waals surface area contributed by atoms with Crippen LogP contribution in [0.5, 0.6) is 0 Å². The van der Waals surface area contributed by atoms with Gasteiger partial charge < -0.3 is 14.9 Å². The number of hydrogen-bond acceptors (Lipinski definition) is 0. The van der Waals surface area contributed by atoms with E-state index in [1.807, 2.05) is 0 Å². The molecule has 0 nitrogen and oxygen atoms in total. The summed E-state index contributed by atoms with van der Waals surface area (Å²) in [6.45, 7) is 8.97. The molecule has 0 bridgehead atoms. The summed E-state index contributed by atoms with van der Waals surface area (Å²) >= 11 is -0.826. The van der Waals surface area contributed by atoms with Crippen molar-refractivity contribution in [1.29, 1.82) is 0 Å². The van der Waals surface area contributed by atoms with Crippen LogP contribution in [0.25, 0.3) is 0 Å². The zero-order valence-electron chi connectivity index (χ0n) is 17.9. The Hall–Kier alpha value is 0.683. The van der Waals surface area contributed by atoms with Gasteiger partial charge in [0.25, 0.3) is 0 Å². The van der Waals surface area contributed by atoms with Crippen LogP contribution in [-0.4, -0.2) is 0 Å². The molecule has 2 saturated carbocycles. The first kappa shape index (κ1) is 30.9. The molecular weight excluding hydrogens is 462 g/mol. The van der Waals surface area contributed by atoms with E-state index < -0.39 is 20.8 Å². The van der Waals surface area contributed by atoms with E-state index in [0.717, 1.165) is 29.6 Å². The van der Waals surface area contributed by atoms with Gasteiger partial charge in [-0.15, -0.1) is 6.58 Å². The van der Waals surface area contributed by atoms with Gasteiger partial charge in [-0.2, -0.15) is 0 Å². The van der Waals surface area contributed by atoms with Crippen LogP contribution in [0.3, 0.4) is 0 Å². The minimum absolute atomic E-state index is 0. The topological polar surface area (TPSA) is 0 Å². The Morgan fingerprint density at radius 3 is 2.00 bits per heavy atom. The SMILES string of the molecule is C.C=CCC1CC(C(CC)(CC)C2CCCC2)C2C=CC=CC12.[CH3-].[CH3-].[Cl][Zr+2][Cl]. The maximum atomic E-state index is 4.93. The van der Waals surface area contributed by atoms with Crippen LogP contribution in [0.2, 0.25) is 0 Å². The summed E-state index contributed by atoms with van der Waals surface area (Å²) < 4.78 is 0. The van der Waals surface area contributed by atoms with Crippen LogP contribution in [0.15, 0.2) is 37.0 Å². The second-order valence-electron chi connectivity index (χ2n) is 8.04. The molecule has 28 heavy (non-hydrogen) atoms. The molecule has 3 aliphatic carbocycles. The summed E-state index contributed by atoms with van der Waals surface area (Å²) in [6.07, 6.45) is 23.1. The first-order valence-electron chi connectivity index (χ1n) is 10.1. The van der Waals surface area contributed by atoms with Crippen molar-refractivity contribution in [2.75, 3.05) is 0 Å². The molecule has 0 aromatic rings. The second kappa shape index (κ2) is 15.5. The third kappa shape index (κ3) is 6.59. The normalized spacial score (nSPS) is 27.9. The first-order chi connectivity index (χ1) is 12.2. The van der Waals surface area contributed by atoms with E-state index in [2.05, 4.69) is 50.8 Å². The molecule has 4 atom stereocenters. The van der Waals surface area contributed by atoms with Gasteiger partial charge in [-0.3, -0.25) is 0 Å². The van der Waals surface area contributed by atoms with E-state index >= 15 is 0 Å². The molecule has 0 spiro atoms. The van der Waals surface area contributed by atoms with Crippen LogP contribution in [-0.2, 0) is 20.8 Å². The van der Waals surface area contributed by atoms with Gasteiger partial charge in [-0.05, 0) is 73.5 Å². The molecule has 0 heterocycles. The van der Waals surface area contributed by atoms with Gasteiger partial charge in [-0.1, -0.05) is 64.5 Å². The van der Waals surface area contributed by atoms with Crippen molar-refractivity contribution in [3.8, 4) is 0 Å². The van der Waals surface area contributed by atoms with Gasteiger partial charge in [0.1, 0.15) is 0 Å². The Kier molecular flexibility index (Phi) is 17.1. The van der Waals surface area contributed by atoms with Gasteiger partial charge in [0.15, 0.2) is 0 Å². The standard InChI is InChI=1S/C22H34.CH4.2CH3.2ClH.Zr/c1-4-11-17-16-21(20-15-10-9-14-19(17)20)22(5-2,6-3)18-12-7-8-13-18;;;;;;/h4,9-10,14-15,17-21H,1,5-8,11-13,16H2,2-3H3;1H4;2*1H3;2*1H;/q;;2*-1;;;+4/p-2. The molecule has 0 N–H and O–H groups in total. The fraction of sp³-hybridized carbons (Fsp3) is 0.680. The summed E-state index contributed by atoms with van der Waals surface area (Å²) in [7, 11) is 9.87. The molecule has 2 fully saturated rings. The minimum atomic E-state index is -0.826. The zero-order chi connectivity index (χ0) is 18.3. The Morgan fingerprint density at radius 1 is 1.04 bits per heavy atom. The average molecular weight is 507 g/mol. The summed E-state index contributed by atoms with van der Waals surface area (Å²) in [5.74, 6) is 4.26. The molecular formula is C25H44Cl2Zr. The third-order valence-electron chi connectivity index (χ3n) is 7.48. The van der Waals surface area contributed by atoms with E-state index in [9.17, 15) is 0 Å². The number of fused-ring (bicyclic) bond motifs is 1. The van der Waals surface area contributed by atoms with Crippen molar-refractivity contribution < 1.29 is 20.8 Å². The molecule has 3 heteroatoms. The molecule has 3 rings (SSSR count). The van der Waals surface area contributed by atoms with Gasteiger partial charge in [-0.25, -0.2) is 0 Å². The van der Waals surface area contributed by atoms with Crippen LogP contribution in [0.4, 0.5) is 0 Å². The summed E-state index contributed by atoms with van der Waals surface area (Å²) in [5, 5.41) is 0. The monoisotopic (exact) mass is 504 g/mol. The zero-order valence-corrected chi connectivity index (χ0v) is 21.9. The van der Waals surface area contributed by atoms with Crippen LogP contribution >= 0.6 is 17.0 Å². The molecule has 4 unspecified atom stereocenters. The first-order valence-corrected chi connectivity index (χ1v) is 16.4. The molecule has 3 aliphatic rings. The maximum absolute atomic E-state index is 4.93. The second-order valence-corrected chi connectivity index (χ2v) is 11.8. The fourth-order valence-electron chi connectivity index (χ4n) is 6.40. The van der Waals surface area contributed by atoms with Crippen molar-refractivity contribution in [2.24, 2.45) is 35.0 Å². The Morgan fingerprint density at radius 2 is 1.54 bits per heavy atom. The molecule has 0 saturated heterocycles. The number of halogens is 2. The van der Waals surface area contributed by atoms with E-state index in [0.29, 0.717) is 5.41 Å². The van der Waals surface area contributed by atoms with Crippen LogP contribution < -0.4 is 0 Å². The fourth-order valence-corrected chi connectivity index (χ4v) is 6.40. The van der Waals surface area contributed by atoms with Crippen LogP contribution in [0, 0.1) is 49.9 Å². The van der Waals surface area contributed by atoms with Crippen LogP contribution in [0.1, 0.15) is 72.6 Å². The van der Waals surface area contributed by atoms with Gasteiger partial charge in [0.2, 0.25) is 0 Å². The summed E-state index contributed by atoms with van der Waals surface area (Å²) in [5.41, 5.74) is 0.588. The predicted molar refractivity (Wildman–Crippen MR) is 128 cm³/mol. The molecule has 0 aliphatic heterocycles. The Balaban J connectivity index is 0. The van der Waals surface area contributed by atoms with Crippen molar-refractivity contribution in [3.63, 3.8) is 0 Å². The number of rotatable bonds is 6. The molecule has 0 radical (unpaired) electrons. The van der Waals surface area contributed by atoms with Gasteiger partial charge >= 0.3 is 37.9 Å². The van der Waals surface area contributed by atoms with Crippen molar-refractivity contribution in [2.45, 2.75) is 72.6 Å². The number of allylic oxidation sites excluding steroid dienone is 5. The summed E-state index contributed by atoms with van der Waals surface area (Å²) in [4.78, 5) is 0. The van der Waals surface area contributed by atoms with Gasteiger partial charge in [0, 0.05) is 0 Å². The Bertz CT molecular complexity index is 461. The molecule has 0 aromatic carbocycles. The van der Waals surface area contributed by atoms with E-state index in [1.165, 1.54) is 51.4 Å². The average Bonchev–Trinajstić information content (AvgIpc) is 3.28. The molecule has 0 aromatic heterocycles. The number of hydrogen-bond donors (Lipinski definition) is 0. The molecule has 162 valence electrons. The van der Waals surface area contributed by atoms with Crippen molar-refractivity contribution in [1.82, 2.24) is 0 Å². The predicted octanol–water partition coefficient (Wildman–Crippen LogP) is 9.47. The quantitative estimate of drug-likeness (QED) is 0.249. The third-order valence-corrected chi connectivity index (χ3v) is 7.48. The van der Waals surface area contributed by atoms with E-state index in [-0.39, 0.29) is 22.3 Å².